The highest BCUT2D eigenvalue weighted by Crippen LogP contribution is 2.25. The third-order valence-corrected chi connectivity index (χ3v) is 3.95. The van der Waals surface area contributed by atoms with Gasteiger partial charge in [0.05, 0.1) is 0 Å². The average molecular weight is 301 g/mol. The van der Waals surface area contributed by atoms with Crippen LogP contribution in [-0.2, 0) is 4.74 Å². The molecule has 0 aromatic rings. The number of nitrogens with one attached hydrogen (secondary N) is 1. The molecule has 0 heterocycles. The molecular weight excluding hydrogens is 266 g/mol. The van der Waals surface area contributed by atoms with E-state index in [-0.39, 0.29) is 17.5 Å². The molecule has 3 N–H and O–H groups in total. The van der Waals surface area contributed by atoms with Crippen LogP contribution >= 0.6 is 0 Å². The summed E-state index contributed by atoms with van der Waals surface area (Å²) in [4.78, 5) is 14.1. The number of rotatable bonds is 5. The highest BCUT2D eigenvalue weighted by atomic mass is 16.6. The van der Waals surface area contributed by atoms with Crippen LogP contribution in [0.5, 0.6) is 0 Å². The Bertz CT molecular complexity index is 331. The quantitative estimate of drug-likeness (QED) is 0.819. The van der Waals surface area contributed by atoms with Gasteiger partial charge in [-0.05, 0) is 47.1 Å². The number of carbonyl (C=O) groups is 1. The first kappa shape index (κ1) is 20.2. The van der Waals surface area contributed by atoms with Crippen LogP contribution in [0.15, 0.2) is 0 Å². The standard InChI is InChI=1S/C16H35N3O2/c1-11(18-14(20)21-16(6,7)8)13(10-17)19(9)12(2)15(3,4)5/h11-13H,10,17H2,1-9H3,(H,18,20). The van der Waals surface area contributed by atoms with Gasteiger partial charge >= 0.3 is 6.09 Å². The molecule has 0 bridgehead atoms. The van der Waals surface area contributed by atoms with Crippen molar-refractivity contribution in [2.75, 3.05) is 13.6 Å². The fourth-order valence-electron chi connectivity index (χ4n) is 2.21. The molecule has 0 fully saturated rings. The Morgan fingerprint density at radius 1 is 1.19 bits per heavy atom. The van der Waals surface area contributed by atoms with Gasteiger partial charge in [0.25, 0.3) is 0 Å². The molecule has 0 radical (unpaired) electrons. The number of nitrogens with zero attached hydrogens (tertiary/aromatic N) is 1. The van der Waals surface area contributed by atoms with E-state index in [1.165, 1.54) is 0 Å². The van der Waals surface area contributed by atoms with Gasteiger partial charge in [-0.3, -0.25) is 4.90 Å². The van der Waals surface area contributed by atoms with Crippen LogP contribution in [0.25, 0.3) is 0 Å². The van der Waals surface area contributed by atoms with Gasteiger partial charge in [-0.15, -0.1) is 0 Å². The first-order valence-corrected chi connectivity index (χ1v) is 7.71. The predicted molar refractivity (Wildman–Crippen MR) is 88.4 cm³/mol. The van der Waals surface area contributed by atoms with Gasteiger partial charge < -0.3 is 15.8 Å². The van der Waals surface area contributed by atoms with Crippen molar-refractivity contribution in [1.29, 1.82) is 0 Å². The molecule has 126 valence electrons. The Kier molecular flexibility index (Phi) is 7.16. The monoisotopic (exact) mass is 301 g/mol. The lowest BCUT2D eigenvalue weighted by Gasteiger charge is -2.42. The first-order chi connectivity index (χ1) is 9.29. The van der Waals surface area contributed by atoms with E-state index in [9.17, 15) is 4.79 Å². The Labute approximate surface area is 130 Å². The molecule has 0 aromatic heterocycles. The minimum atomic E-state index is -0.493. The zero-order valence-corrected chi connectivity index (χ0v) is 15.3. The number of ether oxygens (including phenoxy) is 1. The molecule has 1 amide bonds. The second-order valence-corrected chi connectivity index (χ2v) is 7.95. The molecule has 0 saturated carbocycles. The van der Waals surface area contributed by atoms with E-state index in [0.717, 1.165) is 0 Å². The molecule has 0 aliphatic carbocycles. The molecule has 5 nitrogen and oxygen atoms in total. The molecule has 0 spiro atoms. The van der Waals surface area contributed by atoms with Crippen molar-refractivity contribution >= 4 is 6.09 Å². The number of hydrogen-bond acceptors (Lipinski definition) is 4. The summed E-state index contributed by atoms with van der Waals surface area (Å²) >= 11 is 0. The predicted octanol–water partition coefficient (Wildman–Crippen LogP) is 2.59. The summed E-state index contributed by atoms with van der Waals surface area (Å²) < 4.78 is 5.30. The number of hydrogen-bond donors (Lipinski definition) is 2. The topological polar surface area (TPSA) is 67.6 Å². The van der Waals surface area contributed by atoms with Crippen molar-refractivity contribution in [3.05, 3.63) is 0 Å². The molecule has 0 aliphatic rings. The van der Waals surface area contributed by atoms with Crippen LogP contribution in [0, 0.1) is 5.41 Å². The lowest BCUT2D eigenvalue weighted by molar-refractivity contribution is 0.0425. The van der Waals surface area contributed by atoms with Gasteiger partial charge in [-0.2, -0.15) is 0 Å². The minimum absolute atomic E-state index is 0.0618. The molecular formula is C16H35N3O2. The highest BCUT2D eigenvalue weighted by molar-refractivity contribution is 5.68. The van der Waals surface area contributed by atoms with Crippen LogP contribution in [0.1, 0.15) is 55.4 Å². The van der Waals surface area contributed by atoms with Crippen molar-refractivity contribution in [2.45, 2.75) is 79.1 Å². The highest BCUT2D eigenvalue weighted by Gasteiger charge is 2.31. The van der Waals surface area contributed by atoms with Crippen molar-refractivity contribution in [3.63, 3.8) is 0 Å². The van der Waals surface area contributed by atoms with Gasteiger partial charge in [0.1, 0.15) is 5.60 Å². The van der Waals surface area contributed by atoms with Crippen LogP contribution in [0.3, 0.4) is 0 Å². The van der Waals surface area contributed by atoms with E-state index in [4.69, 9.17) is 10.5 Å². The molecule has 0 saturated heterocycles. The average Bonchev–Trinajstić information content (AvgIpc) is 2.24. The third kappa shape index (κ3) is 7.14. The van der Waals surface area contributed by atoms with E-state index >= 15 is 0 Å². The lowest BCUT2D eigenvalue weighted by atomic mass is 9.86. The smallest absolute Gasteiger partial charge is 0.407 e. The molecule has 0 aliphatic heterocycles. The summed E-state index contributed by atoms with van der Waals surface area (Å²) in [6, 6.07) is 0.320. The second-order valence-electron chi connectivity index (χ2n) is 7.95. The van der Waals surface area contributed by atoms with Gasteiger partial charge in [-0.25, -0.2) is 4.79 Å². The normalized spacial score (nSPS) is 17.3. The number of alkyl carbamates (subject to hydrolysis) is 1. The van der Waals surface area contributed by atoms with E-state index < -0.39 is 11.7 Å². The van der Waals surface area contributed by atoms with Gasteiger partial charge in [-0.1, -0.05) is 20.8 Å². The largest absolute Gasteiger partial charge is 0.444 e. The van der Waals surface area contributed by atoms with E-state index in [2.05, 4.69) is 45.0 Å². The number of likely N-dealkylation sites (N-methyl/N-ethyl adjacent to an activating group) is 1. The lowest BCUT2D eigenvalue weighted by Crippen LogP contribution is -2.57. The Hall–Kier alpha value is -0.810. The number of nitrogens with two attached hydrogens (primary N) is 1. The van der Waals surface area contributed by atoms with Crippen molar-refractivity contribution in [1.82, 2.24) is 10.2 Å². The summed E-state index contributed by atoms with van der Waals surface area (Å²) in [6.07, 6.45) is -0.398. The Morgan fingerprint density at radius 3 is 2.00 bits per heavy atom. The maximum absolute atomic E-state index is 11.9. The molecule has 0 aromatic carbocycles. The maximum atomic E-state index is 11.9. The van der Waals surface area contributed by atoms with Crippen LogP contribution in [0.2, 0.25) is 0 Å². The SMILES string of the molecule is CC(NC(=O)OC(C)(C)C)C(CN)N(C)C(C)C(C)(C)C. The Morgan fingerprint density at radius 2 is 1.67 bits per heavy atom. The number of carbonyl (C=O) groups excluding carboxylic acids is 1. The summed E-state index contributed by atoms with van der Waals surface area (Å²) in [7, 11) is 2.06. The van der Waals surface area contributed by atoms with Crippen LogP contribution in [0.4, 0.5) is 4.79 Å². The van der Waals surface area contributed by atoms with Gasteiger partial charge in [0.15, 0.2) is 0 Å². The van der Waals surface area contributed by atoms with Gasteiger partial charge in [0, 0.05) is 24.7 Å². The third-order valence-electron chi connectivity index (χ3n) is 3.95. The Balaban J connectivity index is 4.76. The molecule has 21 heavy (non-hydrogen) atoms. The van der Waals surface area contributed by atoms with Crippen LogP contribution < -0.4 is 11.1 Å². The molecule has 0 rings (SSSR count). The van der Waals surface area contributed by atoms with Crippen molar-refractivity contribution < 1.29 is 9.53 Å². The van der Waals surface area contributed by atoms with Crippen molar-refractivity contribution in [3.8, 4) is 0 Å². The van der Waals surface area contributed by atoms with E-state index in [1.54, 1.807) is 0 Å². The molecule has 5 heteroatoms. The summed E-state index contributed by atoms with van der Waals surface area (Å²) in [5.41, 5.74) is 5.58. The number of amides is 1. The van der Waals surface area contributed by atoms with E-state index in [0.29, 0.717) is 12.6 Å². The maximum Gasteiger partial charge on any atom is 0.407 e. The minimum Gasteiger partial charge on any atom is -0.444 e. The van der Waals surface area contributed by atoms with Gasteiger partial charge in [0.2, 0.25) is 0 Å². The fraction of sp³-hybridized carbons (Fsp3) is 0.938. The first-order valence-electron chi connectivity index (χ1n) is 7.71. The second kappa shape index (κ2) is 7.45. The fourth-order valence-corrected chi connectivity index (χ4v) is 2.21. The summed E-state index contributed by atoms with van der Waals surface area (Å²) in [6.45, 7) is 16.8. The molecule has 3 unspecified atom stereocenters. The summed E-state index contributed by atoms with van der Waals surface area (Å²) in [5, 5.41) is 2.89. The van der Waals surface area contributed by atoms with Crippen LogP contribution in [-0.4, -0.2) is 48.3 Å². The molecule has 3 atom stereocenters. The zero-order chi connectivity index (χ0) is 17.0. The van der Waals surface area contributed by atoms with Crippen molar-refractivity contribution in [2.24, 2.45) is 11.1 Å². The summed E-state index contributed by atoms with van der Waals surface area (Å²) in [5.74, 6) is 0. The zero-order valence-electron chi connectivity index (χ0n) is 15.3. The van der Waals surface area contributed by atoms with E-state index in [1.807, 2.05) is 27.7 Å².